The summed E-state index contributed by atoms with van der Waals surface area (Å²) in [5.41, 5.74) is 2.82. The molecule has 12 heteroatoms. The number of hydrogen-bond donors (Lipinski definition) is 0. The van der Waals surface area contributed by atoms with Crippen molar-refractivity contribution in [3.8, 4) is 16.9 Å². The molecular weight excluding hydrogens is 465 g/mol. The van der Waals surface area contributed by atoms with Crippen LogP contribution < -0.4 is 4.74 Å². The molecule has 0 saturated heterocycles. The molecule has 0 spiro atoms. The number of alkyl halides is 4. The third-order valence-electron chi connectivity index (χ3n) is 5.28. The van der Waals surface area contributed by atoms with Crippen LogP contribution in [0.2, 0.25) is 0 Å². The molecule has 2 aliphatic heterocycles. The monoisotopic (exact) mass is 482 g/mol. The van der Waals surface area contributed by atoms with Gasteiger partial charge in [-0.05, 0) is 18.1 Å². The van der Waals surface area contributed by atoms with Crippen LogP contribution in [0.25, 0.3) is 11.1 Å². The summed E-state index contributed by atoms with van der Waals surface area (Å²) in [6.45, 7) is -0.0771. The maximum Gasteiger partial charge on any atom is 0.408 e. The first-order valence-electron chi connectivity index (χ1n) is 9.96. The minimum absolute atomic E-state index is 0.0552. The zero-order valence-corrected chi connectivity index (χ0v) is 18.2. The minimum atomic E-state index is -4.38. The van der Waals surface area contributed by atoms with E-state index in [2.05, 4.69) is 15.2 Å². The third kappa shape index (κ3) is 4.23. The standard InChI is InChI=1S/C20H18ClF3N6OS/c21-4-5-29-9-13(8-26-29)12-1-2-14-15(7-12)31-6-3-16-17(14)28-19(32-16)18-25-11-27-30(18)10-20(22,23)24/h1-2,7-9,11,16-17H,3-6,10H2. The van der Waals surface area contributed by atoms with Gasteiger partial charge in [0.1, 0.15) is 23.7 Å². The number of aromatic nitrogens is 5. The van der Waals surface area contributed by atoms with Crippen molar-refractivity contribution in [1.29, 1.82) is 0 Å². The fourth-order valence-corrected chi connectivity index (χ4v) is 5.30. The van der Waals surface area contributed by atoms with Crippen LogP contribution in [0.1, 0.15) is 23.9 Å². The fraction of sp³-hybridized carbons (Fsp3) is 0.400. The highest BCUT2D eigenvalue weighted by atomic mass is 35.5. The van der Waals surface area contributed by atoms with Crippen LogP contribution >= 0.6 is 23.4 Å². The first-order chi connectivity index (χ1) is 15.4. The lowest BCUT2D eigenvalue weighted by molar-refractivity contribution is -0.142. The number of ether oxygens (including phenoxy) is 1. The second kappa shape index (κ2) is 8.43. The first-order valence-corrected chi connectivity index (χ1v) is 11.4. The number of fused-ring (bicyclic) bond motifs is 3. The highest BCUT2D eigenvalue weighted by molar-refractivity contribution is 8.15. The van der Waals surface area contributed by atoms with Gasteiger partial charge < -0.3 is 4.74 Å². The van der Waals surface area contributed by atoms with E-state index >= 15 is 0 Å². The zero-order chi connectivity index (χ0) is 22.3. The van der Waals surface area contributed by atoms with E-state index in [0.717, 1.165) is 33.4 Å². The van der Waals surface area contributed by atoms with E-state index in [1.54, 1.807) is 10.9 Å². The molecule has 0 N–H and O–H groups in total. The maximum absolute atomic E-state index is 12.9. The number of benzene rings is 1. The van der Waals surface area contributed by atoms with Gasteiger partial charge >= 0.3 is 6.18 Å². The summed E-state index contributed by atoms with van der Waals surface area (Å²) in [7, 11) is 0. The number of halogens is 4. The largest absolute Gasteiger partial charge is 0.493 e. The quantitative estimate of drug-likeness (QED) is 0.506. The molecule has 0 amide bonds. The Morgan fingerprint density at radius 1 is 1.22 bits per heavy atom. The number of nitrogens with zero attached hydrogens (tertiary/aromatic N) is 6. The van der Waals surface area contributed by atoms with E-state index in [1.165, 1.54) is 11.8 Å². The van der Waals surface area contributed by atoms with Gasteiger partial charge in [0.25, 0.3) is 0 Å². The molecule has 4 heterocycles. The normalized spacial score (nSPS) is 20.3. The van der Waals surface area contributed by atoms with Crippen molar-refractivity contribution in [1.82, 2.24) is 24.5 Å². The molecule has 5 rings (SSSR count). The molecule has 2 aromatic heterocycles. The van der Waals surface area contributed by atoms with Crippen molar-refractivity contribution in [2.24, 2.45) is 4.99 Å². The lowest BCUT2D eigenvalue weighted by Gasteiger charge is -2.14. The van der Waals surface area contributed by atoms with Crippen molar-refractivity contribution in [2.45, 2.75) is 37.0 Å². The van der Waals surface area contributed by atoms with E-state index in [9.17, 15) is 13.2 Å². The van der Waals surface area contributed by atoms with E-state index in [4.69, 9.17) is 21.3 Å². The van der Waals surface area contributed by atoms with Crippen molar-refractivity contribution >= 4 is 28.4 Å². The Labute approximate surface area is 190 Å². The molecule has 7 nitrogen and oxygen atoms in total. The summed E-state index contributed by atoms with van der Waals surface area (Å²) >= 11 is 7.22. The van der Waals surface area contributed by atoms with E-state index in [1.807, 2.05) is 24.4 Å². The van der Waals surface area contributed by atoms with E-state index in [0.29, 0.717) is 30.5 Å². The van der Waals surface area contributed by atoms with Crippen LogP contribution in [0, 0.1) is 0 Å². The van der Waals surface area contributed by atoms with Crippen LogP contribution in [0.15, 0.2) is 41.9 Å². The molecular formula is C20H18ClF3N6OS. The summed E-state index contributed by atoms with van der Waals surface area (Å²) in [5, 5.41) is 8.57. The van der Waals surface area contributed by atoms with Crippen molar-refractivity contribution in [3.05, 3.63) is 48.3 Å². The van der Waals surface area contributed by atoms with Gasteiger partial charge in [-0.2, -0.15) is 23.4 Å². The average Bonchev–Trinajstić information content (AvgIpc) is 3.46. The van der Waals surface area contributed by atoms with Crippen LogP contribution in [0.5, 0.6) is 5.75 Å². The lowest BCUT2D eigenvalue weighted by atomic mass is 9.99. The molecule has 168 valence electrons. The summed E-state index contributed by atoms with van der Waals surface area (Å²) in [6, 6.07) is 5.69. The topological polar surface area (TPSA) is 70.1 Å². The number of rotatable bonds is 5. The molecule has 1 aromatic carbocycles. The van der Waals surface area contributed by atoms with Crippen LogP contribution in [-0.2, 0) is 13.1 Å². The van der Waals surface area contributed by atoms with Crippen LogP contribution in [0.3, 0.4) is 0 Å². The Morgan fingerprint density at radius 3 is 2.91 bits per heavy atom. The number of thioether (sulfide) groups is 1. The van der Waals surface area contributed by atoms with E-state index < -0.39 is 12.7 Å². The highest BCUT2D eigenvalue weighted by Crippen LogP contribution is 2.46. The second-order valence-electron chi connectivity index (χ2n) is 7.46. The maximum atomic E-state index is 12.9. The van der Waals surface area contributed by atoms with Crippen molar-refractivity contribution < 1.29 is 17.9 Å². The Balaban J connectivity index is 1.45. The SMILES string of the molecule is FC(F)(F)Cn1ncnc1C1=NC2c3ccc(-c4cnn(CCCl)c4)cc3OCCC2S1. The van der Waals surface area contributed by atoms with Gasteiger partial charge in [0.05, 0.1) is 25.4 Å². The summed E-state index contributed by atoms with van der Waals surface area (Å²) < 4.78 is 47.3. The van der Waals surface area contributed by atoms with Crippen molar-refractivity contribution in [2.75, 3.05) is 12.5 Å². The van der Waals surface area contributed by atoms with Gasteiger partial charge in [-0.1, -0.05) is 23.9 Å². The number of hydrogen-bond acceptors (Lipinski definition) is 6. The molecule has 0 aliphatic carbocycles. The fourth-order valence-electron chi connectivity index (χ4n) is 3.85. The predicted molar refractivity (Wildman–Crippen MR) is 115 cm³/mol. The Hall–Kier alpha value is -2.53. The molecule has 32 heavy (non-hydrogen) atoms. The molecule has 0 fully saturated rings. The number of aryl methyl sites for hydroxylation is 1. The predicted octanol–water partition coefficient (Wildman–Crippen LogP) is 4.33. The molecule has 0 saturated carbocycles. The summed E-state index contributed by atoms with van der Waals surface area (Å²) in [6.07, 6.45) is 1.17. The lowest BCUT2D eigenvalue weighted by Crippen LogP contribution is -2.22. The Kier molecular flexibility index (Phi) is 5.62. The third-order valence-corrected chi connectivity index (χ3v) is 6.76. The highest BCUT2D eigenvalue weighted by Gasteiger charge is 2.38. The molecule has 0 bridgehead atoms. The van der Waals surface area contributed by atoms with E-state index in [-0.39, 0.29) is 17.1 Å². The molecule has 0 radical (unpaired) electrons. The summed E-state index contributed by atoms with van der Waals surface area (Å²) in [5.74, 6) is 1.35. The smallest absolute Gasteiger partial charge is 0.408 e. The average molecular weight is 483 g/mol. The minimum Gasteiger partial charge on any atom is -0.493 e. The van der Waals surface area contributed by atoms with Gasteiger partial charge in [0.2, 0.25) is 0 Å². The zero-order valence-electron chi connectivity index (χ0n) is 16.7. The Bertz CT molecular complexity index is 1160. The Morgan fingerprint density at radius 2 is 2.09 bits per heavy atom. The van der Waals surface area contributed by atoms with Crippen molar-refractivity contribution in [3.63, 3.8) is 0 Å². The molecule has 2 aliphatic rings. The van der Waals surface area contributed by atoms with Gasteiger partial charge in [0.15, 0.2) is 5.82 Å². The van der Waals surface area contributed by atoms with Crippen LogP contribution in [0.4, 0.5) is 13.2 Å². The molecule has 3 aromatic rings. The van der Waals surface area contributed by atoms with Gasteiger partial charge in [-0.3, -0.25) is 9.67 Å². The van der Waals surface area contributed by atoms with Gasteiger partial charge in [-0.25, -0.2) is 9.67 Å². The summed E-state index contributed by atoms with van der Waals surface area (Å²) in [4.78, 5) is 8.79. The van der Waals surface area contributed by atoms with Crippen LogP contribution in [-0.4, -0.2) is 53.5 Å². The van der Waals surface area contributed by atoms with Gasteiger partial charge in [0, 0.05) is 28.5 Å². The molecule has 2 atom stereocenters. The first kappa shape index (κ1) is 21.3. The van der Waals surface area contributed by atoms with Gasteiger partial charge in [-0.15, -0.1) is 11.6 Å². The second-order valence-corrected chi connectivity index (χ2v) is 9.07. The molecule has 2 unspecified atom stereocenters. The number of aliphatic imine (C=N–C) groups is 1.